The molecule has 0 aliphatic carbocycles. The van der Waals surface area contributed by atoms with Crippen molar-refractivity contribution in [2.24, 2.45) is 0 Å². The normalized spacial score (nSPS) is 13.6. The molecule has 0 saturated heterocycles. The molecule has 112 valence electrons. The number of aliphatic carboxylic acids is 1. The second-order valence-electron chi connectivity index (χ2n) is 4.45. The van der Waals surface area contributed by atoms with Gasteiger partial charge in [0.2, 0.25) is 5.91 Å². The third-order valence-corrected chi connectivity index (χ3v) is 2.62. The van der Waals surface area contributed by atoms with E-state index in [1.807, 2.05) is 0 Å². The minimum Gasteiger partial charge on any atom is -0.479 e. The van der Waals surface area contributed by atoms with Gasteiger partial charge in [-0.3, -0.25) is 14.9 Å². The Morgan fingerprint density at radius 3 is 2.62 bits per heavy atom. The minimum atomic E-state index is -2.08. The van der Waals surface area contributed by atoms with Crippen LogP contribution in [0.3, 0.4) is 0 Å². The Balaban J connectivity index is 2.72. The number of benzene rings is 1. The molecular formula is C13H14N2O6. The number of aliphatic hydroxyl groups is 1. The summed E-state index contributed by atoms with van der Waals surface area (Å²) >= 11 is 0. The summed E-state index contributed by atoms with van der Waals surface area (Å²) in [7, 11) is 0. The molecule has 1 rings (SSSR count). The van der Waals surface area contributed by atoms with Gasteiger partial charge in [-0.15, -0.1) is 0 Å². The zero-order valence-corrected chi connectivity index (χ0v) is 11.1. The van der Waals surface area contributed by atoms with Crippen molar-refractivity contribution in [3.8, 4) is 0 Å². The quantitative estimate of drug-likeness (QED) is 0.399. The molecule has 21 heavy (non-hydrogen) atoms. The third-order valence-electron chi connectivity index (χ3n) is 2.62. The van der Waals surface area contributed by atoms with E-state index in [0.717, 1.165) is 13.0 Å². The molecule has 0 aromatic heterocycles. The molecule has 1 atom stereocenters. The van der Waals surface area contributed by atoms with E-state index in [2.05, 4.69) is 5.32 Å². The maximum atomic E-state index is 11.5. The summed E-state index contributed by atoms with van der Waals surface area (Å²) in [6.45, 7) is 0.559. The van der Waals surface area contributed by atoms with Crippen LogP contribution in [-0.2, 0) is 9.59 Å². The van der Waals surface area contributed by atoms with Gasteiger partial charge < -0.3 is 15.5 Å². The summed E-state index contributed by atoms with van der Waals surface area (Å²) in [5.74, 6) is -2.14. The van der Waals surface area contributed by atoms with Crippen LogP contribution in [0.25, 0.3) is 6.08 Å². The third kappa shape index (κ3) is 4.69. The Morgan fingerprint density at radius 1 is 1.43 bits per heavy atom. The second-order valence-corrected chi connectivity index (χ2v) is 4.45. The van der Waals surface area contributed by atoms with Gasteiger partial charge >= 0.3 is 5.97 Å². The summed E-state index contributed by atoms with van der Waals surface area (Å²) in [5, 5.41) is 31.0. The Bertz CT molecular complexity index is 594. The molecule has 0 spiro atoms. The maximum absolute atomic E-state index is 11.5. The molecule has 3 N–H and O–H groups in total. The minimum absolute atomic E-state index is 0.154. The van der Waals surface area contributed by atoms with Gasteiger partial charge in [0.15, 0.2) is 5.60 Å². The number of nitrogens with one attached hydrogen (secondary N) is 1. The number of amides is 1. The molecule has 0 fully saturated rings. The van der Waals surface area contributed by atoms with Crippen molar-refractivity contribution in [1.29, 1.82) is 0 Å². The number of nitro benzene ring substituents is 1. The molecule has 8 heteroatoms. The molecular weight excluding hydrogens is 280 g/mol. The molecule has 0 aliphatic rings. The fourth-order valence-corrected chi connectivity index (χ4v) is 1.35. The predicted molar refractivity (Wildman–Crippen MR) is 73.4 cm³/mol. The molecule has 0 saturated carbocycles. The van der Waals surface area contributed by atoms with Gasteiger partial charge in [0.05, 0.1) is 17.0 Å². The number of para-hydroxylation sites is 1. The lowest BCUT2D eigenvalue weighted by Crippen LogP contribution is -2.46. The van der Waals surface area contributed by atoms with Crippen LogP contribution in [0.5, 0.6) is 0 Å². The fraction of sp³-hybridized carbons (Fsp3) is 0.231. The highest BCUT2D eigenvalue weighted by atomic mass is 16.6. The van der Waals surface area contributed by atoms with E-state index in [1.165, 1.54) is 24.3 Å². The van der Waals surface area contributed by atoms with Gasteiger partial charge in [0.1, 0.15) is 0 Å². The first-order valence-electron chi connectivity index (χ1n) is 5.89. The van der Waals surface area contributed by atoms with Crippen LogP contribution in [0, 0.1) is 10.1 Å². The van der Waals surface area contributed by atoms with Gasteiger partial charge in [-0.25, -0.2) is 4.79 Å². The number of carboxylic acids is 1. The SMILES string of the molecule is CC(O)(CNC(=O)C=Cc1ccccc1[N+](=O)[O-])C(=O)O. The molecule has 0 radical (unpaired) electrons. The predicted octanol–water partition coefficient (Wildman–Crippen LogP) is 0.560. The molecule has 0 aliphatic heterocycles. The topological polar surface area (TPSA) is 130 Å². The number of hydrogen-bond acceptors (Lipinski definition) is 5. The van der Waals surface area contributed by atoms with Gasteiger partial charge in [0, 0.05) is 12.1 Å². The number of carbonyl (C=O) groups is 2. The number of hydrogen-bond donors (Lipinski definition) is 3. The largest absolute Gasteiger partial charge is 0.479 e. The first-order chi connectivity index (χ1) is 9.74. The number of carboxylic acid groups (broad SMARTS) is 1. The zero-order chi connectivity index (χ0) is 16.0. The van der Waals surface area contributed by atoms with Crippen LogP contribution < -0.4 is 5.32 Å². The van der Waals surface area contributed by atoms with Gasteiger partial charge in [-0.1, -0.05) is 12.1 Å². The molecule has 0 bridgehead atoms. The van der Waals surface area contributed by atoms with Crippen molar-refractivity contribution in [1.82, 2.24) is 5.32 Å². The van der Waals surface area contributed by atoms with E-state index in [1.54, 1.807) is 6.07 Å². The van der Waals surface area contributed by atoms with Crippen molar-refractivity contribution in [2.45, 2.75) is 12.5 Å². The Kier molecular flexibility index (Phi) is 5.14. The Morgan fingerprint density at radius 2 is 2.05 bits per heavy atom. The smallest absolute Gasteiger partial charge is 0.337 e. The molecule has 1 aromatic carbocycles. The molecule has 1 unspecified atom stereocenters. The highest BCUT2D eigenvalue weighted by Crippen LogP contribution is 2.18. The number of carbonyl (C=O) groups excluding carboxylic acids is 1. The van der Waals surface area contributed by atoms with E-state index in [-0.39, 0.29) is 11.3 Å². The first kappa shape index (κ1) is 16.3. The van der Waals surface area contributed by atoms with Crippen molar-refractivity contribution in [3.05, 3.63) is 46.0 Å². The first-order valence-corrected chi connectivity index (χ1v) is 5.89. The summed E-state index contributed by atoms with van der Waals surface area (Å²) in [4.78, 5) is 32.3. The van der Waals surface area contributed by atoms with Crippen molar-refractivity contribution >= 4 is 23.6 Å². The van der Waals surface area contributed by atoms with Crippen LogP contribution in [0.4, 0.5) is 5.69 Å². The summed E-state index contributed by atoms with van der Waals surface area (Å²) in [6, 6.07) is 5.85. The molecule has 1 aromatic rings. The van der Waals surface area contributed by atoms with E-state index in [9.17, 15) is 24.8 Å². The Hall–Kier alpha value is -2.74. The van der Waals surface area contributed by atoms with Gasteiger partial charge in [-0.2, -0.15) is 0 Å². The van der Waals surface area contributed by atoms with E-state index in [0.29, 0.717) is 0 Å². The Labute approximate surface area is 119 Å². The highest BCUT2D eigenvalue weighted by Gasteiger charge is 2.29. The standard InChI is InChI=1S/C13H14N2O6/c1-13(19,12(17)18)8-14-11(16)7-6-9-4-2-3-5-10(9)15(20)21/h2-7,19H,8H2,1H3,(H,14,16)(H,17,18). The van der Waals surface area contributed by atoms with Crippen molar-refractivity contribution in [2.75, 3.05) is 6.54 Å². The fourth-order valence-electron chi connectivity index (χ4n) is 1.35. The lowest BCUT2D eigenvalue weighted by Gasteiger charge is -2.17. The number of nitro groups is 1. The van der Waals surface area contributed by atoms with E-state index < -0.39 is 28.9 Å². The summed E-state index contributed by atoms with van der Waals surface area (Å²) in [6.07, 6.45) is 2.27. The van der Waals surface area contributed by atoms with Crippen LogP contribution >= 0.6 is 0 Å². The molecule has 0 heterocycles. The molecule has 8 nitrogen and oxygen atoms in total. The maximum Gasteiger partial charge on any atom is 0.337 e. The van der Waals surface area contributed by atoms with Crippen molar-refractivity contribution < 1.29 is 24.7 Å². The summed E-state index contributed by atoms with van der Waals surface area (Å²) in [5.41, 5.74) is -2.00. The monoisotopic (exact) mass is 294 g/mol. The van der Waals surface area contributed by atoms with Gasteiger partial charge in [0.25, 0.3) is 5.69 Å². The van der Waals surface area contributed by atoms with Crippen LogP contribution in [-0.4, -0.2) is 39.2 Å². The van der Waals surface area contributed by atoms with Crippen LogP contribution in [0.2, 0.25) is 0 Å². The average molecular weight is 294 g/mol. The zero-order valence-electron chi connectivity index (χ0n) is 11.1. The number of rotatable bonds is 6. The van der Waals surface area contributed by atoms with Crippen molar-refractivity contribution in [3.63, 3.8) is 0 Å². The van der Waals surface area contributed by atoms with Crippen LogP contribution in [0.15, 0.2) is 30.3 Å². The van der Waals surface area contributed by atoms with Crippen LogP contribution in [0.1, 0.15) is 12.5 Å². The van der Waals surface area contributed by atoms with E-state index in [4.69, 9.17) is 5.11 Å². The van der Waals surface area contributed by atoms with E-state index >= 15 is 0 Å². The highest BCUT2D eigenvalue weighted by molar-refractivity contribution is 5.92. The average Bonchev–Trinajstić information content (AvgIpc) is 2.43. The lowest BCUT2D eigenvalue weighted by molar-refractivity contribution is -0.385. The second kappa shape index (κ2) is 6.62. The van der Waals surface area contributed by atoms with Gasteiger partial charge in [-0.05, 0) is 19.1 Å². The number of nitrogens with zero attached hydrogens (tertiary/aromatic N) is 1. The summed E-state index contributed by atoms with van der Waals surface area (Å²) < 4.78 is 0. The molecule has 1 amide bonds. The lowest BCUT2D eigenvalue weighted by atomic mass is 10.1.